The Morgan fingerprint density at radius 3 is 2.22 bits per heavy atom. The number of ether oxygens (including phenoxy) is 3. The summed E-state index contributed by atoms with van der Waals surface area (Å²) in [4.78, 5) is 23.4. The van der Waals surface area contributed by atoms with Crippen LogP contribution in [0.3, 0.4) is 0 Å². The van der Waals surface area contributed by atoms with E-state index in [9.17, 15) is 9.59 Å². The first-order valence-corrected chi connectivity index (χ1v) is 10.1. The number of hydrogen-bond donors (Lipinski definition) is 0. The predicted molar refractivity (Wildman–Crippen MR) is 106 cm³/mol. The molecule has 5 nitrogen and oxygen atoms in total. The zero-order valence-corrected chi connectivity index (χ0v) is 16.8. The fraction of sp³-hybridized carbons (Fsp3) is 0.636. The van der Waals surface area contributed by atoms with Gasteiger partial charge in [0, 0.05) is 12.8 Å². The van der Waals surface area contributed by atoms with Gasteiger partial charge in [-0.05, 0) is 30.5 Å². The van der Waals surface area contributed by atoms with E-state index in [-0.39, 0.29) is 31.4 Å². The Bertz CT molecular complexity index is 541. The summed E-state index contributed by atoms with van der Waals surface area (Å²) >= 11 is 0. The van der Waals surface area contributed by atoms with Crippen LogP contribution >= 0.6 is 0 Å². The predicted octanol–water partition coefficient (Wildman–Crippen LogP) is 5.20. The molecular weight excluding hydrogens is 344 g/mol. The third-order valence-electron chi connectivity index (χ3n) is 4.31. The first kappa shape index (κ1) is 23.0. The second-order valence-electron chi connectivity index (χ2n) is 6.71. The highest BCUT2D eigenvalue weighted by atomic mass is 16.5. The van der Waals surface area contributed by atoms with Gasteiger partial charge in [0.05, 0.1) is 13.7 Å². The maximum absolute atomic E-state index is 11.8. The smallest absolute Gasteiger partial charge is 0.306 e. The van der Waals surface area contributed by atoms with Gasteiger partial charge in [0.2, 0.25) is 0 Å². The van der Waals surface area contributed by atoms with Gasteiger partial charge >= 0.3 is 11.9 Å². The van der Waals surface area contributed by atoms with Gasteiger partial charge in [-0.3, -0.25) is 9.59 Å². The van der Waals surface area contributed by atoms with Gasteiger partial charge in [-0.15, -0.1) is 0 Å². The average Bonchev–Trinajstić information content (AvgIpc) is 2.68. The van der Waals surface area contributed by atoms with Crippen molar-refractivity contribution in [2.75, 3.05) is 13.7 Å². The van der Waals surface area contributed by atoms with Crippen molar-refractivity contribution in [2.45, 2.75) is 77.7 Å². The lowest BCUT2D eigenvalue weighted by atomic mass is 10.1. The molecule has 0 saturated carbocycles. The van der Waals surface area contributed by atoms with Gasteiger partial charge in [0.15, 0.2) is 0 Å². The van der Waals surface area contributed by atoms with Crippen molar-refractivity contribution in [3.63, 3.8) is 0 Å². The van der Waals surface area contributed by atoms with Gasteiger partial charge in [-0.2, -0.15) is 0 Å². The zero-order valence-electron chi connectivity index (χ0n) is 16.8. The Kier molecular flexibility index (Phi) is 12.8. The Labute approximate surface area is 163 Å². The van der Waals surface area contributed by atoms with Gasteiger partial charge < -0.3 is 14.2 Å². The fourth-order valence-electron chi connectivity index (χ4n) is 2.69. The summed E-state index contributed by atoms with van der Waals surface area (Å²) in [6, 6.07) is 7.39. The lowest BCUT2D eigenvalue weighted by Gasteiger charge is -2.07. The molecule has 0 fully saturated rings. The maximum atomic E-state index is 11.8. The Hall–Kier alpha value is -2.04. The number of esters is 2. The van der Waals surface area contributed by atoms with Crippen LogP contribution < -0.4 is 4.74 Å². The quantitative estimate of drug-likeness (QED) is 0.310. The van der Waals surface area contributed by atoms with Crippen molar-refractivity contribution in [3.8, 4) is 5.75 Å². The lowest BCUT2D eigenvalue weighted by molar-refractivity contribution is -0.146. The first-order valence-electron chi connectivity index (χ1n) is 10.1. The Balaban J connectivity index is 2.00. The minimum absolute atomic E-state index is 0.207. The normalized spacial score (nSPS) is 10.4. The van der Waals surface area contributed by atoms with Crippen molar-refractivity contribution in [2.24, 2.45) is 0 Å². The van der Waals surface area contributed by atoms with Crippen LogP contribution in [0, 0.1) is 0 Å². The molecule has 5 heteroatoms. The van der Waals surface area contributed by atoms with Crippen LogP contribution in [0.25, 0.3) is 0 Å². The molecule has 0 unspecified atom stereocenters. The molecule has 0 radical (unpaired) electrons. The third kappa shape index (κ3) is 12.1. The van der Waals surface area contributed by atoms with Crippen LogP contribution in [-0.2, 0) is 25.7 Å². The van der Waals surface area contributed by atoms with Crippen molar-refractivity contribution in [3.05, 3.63) is 29.8 Å². The number of hydrogen-bond acceptors (Lipinski definition) is 5. The number of unbranched alkanes of at least 4 members (excludes halogenated alkanes) is 6. The molecule has 0 aliphatic heterocycles. The second kappa shape index (κ2) is 15.1. The molecule has 0 atom stereocenters. The molecule has 0 aliphatic carbocycles. The molecule has 152 valence electrons. The third-order valence-corrected chi connectivity index (χ3v) is 4.31. The number of benzene rings is 1. The van der Waals surface area contributed by atoms with E-state index >= 15 is 0 Å². The molecule has 1 aromatic carbocycles. The van der Waals surface area contributed by atoms with Crippen molar-refractivity contribution >= 4 is 11.9 Å². The van der Waals surface area contributed by atoms with E-state index in [0.717, 1.165) is 24.2 Å². The number of carbonyl (C=O) groups is 2. The number of rotatable bonds is 15. The highest BCUT2D eigenvalue weighted by molar-refractivity contribution is 5.72. The minimum atomic E-state index is -0.308. The van der Waals surface area contributed by atoms with Gasteiger partial charge in [0.1, 0.15) is 12.4 Å². The SMILES string of the molecule is CCCCCCCCCOC(=O)CCCC(=O)OCc1cccc(OC)c1. The molecule has 0 aromatic heterocycles. The maximum Gasteiger partial charge on any atom is 0.306 e. The summed E-state index contributed by atoms with van der Waals surface area (Å²) < 4.78 is 15.5. The molecular formula is C22H34O5. The van der Waals surface area contributed by atoms with E-state index < -0.39 is 0 Å². The summed E-state index contributed by atoms with van der Waals surface area (Å²) in [5.74, 6) is 0.187. The van der Waals surface area contributed by atoms with E-state index in [0.29, 0.717) is 13.0 Å². The highest BCUT2D eigenvalue weighted by Crippen LogP contribution is 2.14. The molecule has 0 N–H and O–H groups in total. The molecule has 27 heavy (non-hydrogen) atoms. The lowest BCUT2D eigenvalue weighted by Crippen LogP contribution is -2.09. The summed E-state index contributed by atoms with van der Waals surface area (Å²) in [6.45, 7) is 2.89. The zero-order chi connectivity index (χ0) is 19.7. The Morgan fingerprint density at radius 1 is 0.852 bits per heavy atom. The highest BCUT2D eigenvalue weighted by Gasteiger charge is 2.08. The summed E-state index contributed by atoms with van der Waals surface area (Å²) in [7, 11) is 1.60. The van der Waals surface area contributed by atoms with Crippen LogP contribution in [0.4, 0.5) is 0 Å². The molecule has 0 aliphatic rings. The molecule has 0 bridgehead atoms. The fourth-order valence-corrected chi connectivity index (χ4v) is 2.69. The second-order valence-corrected chi connectivity index (χ2v) is 6.71. The van der Waals surface area contributed by atoms with Crippen molar-refractivity contribution in [1.29, 1.82) is 0 Å². The minimum Gasteiger partial charge on any atom is -0.497 e. The molecule has 1 rings (SSSR count). The average molecular weight is 379 g/mol. The molecule has 1 aromatic rings. The van der Waals surface area contributed by atoms with Crippen LogP contribution in [0.15, 0.2) is 24.3 Å². The number of methoxy groups -OCH3 is 1. The molecule has 0 heterocycles. The van der Waals surface area contributed by atoms with Crippen LogP contribution in [0.1, 0.15) is 76.7 Å². The number of carbonyl (C=O) groups excluding carboxylic acids is 2. The van der Waals surface area contributed by atoms with E-state index in [4.69, 9.17) is 14.2 Å². The molecule has 0 amide bonds. The monoisotopic (exact) mass is 378 g/mol. The van der Waals surface area contributed by atoms with E-state index in [2.05, 4.69) is 6.92 Å². The standard InChI is InChI=1S/C22H34O5/c1-3-4-5-6-7-8-9-16-26-21(23)14-11-15-22(24)27-18-19-12-10-13-20(17-19)25-2/h10,12-13,17H,3-9,11,14-16,18H2,1-2H3. The summed E-state index contributed by atoms with van der Waals surface area (Å²) in [5, 5.41) is 0. The summed E-state index contributed by atoms with van der Waals surface area (Å²) in [5.41, 5.74) is 0.872. The molecule has 0 saturated heterocycles. The van der Waals surface area contributed by atoms with E-state index in [1.807, 2.05) is 24.3 Å². The Morgan fingerprint density at radius 2 is 1.52 bits per heavy atom. The van der Waals surface area contributed by atoms with Crippen molar-refractivity contribution < 1.29 is 23.8 Å². The topological polar surface area (TPSA) is 61.8 Å². The van der Waals surface area contributed by atoms with Crippen molar-refractivity contribution in [1.82, 2.24) is 0 Å². The van der Waals surface area contributed by atoms with Gasteiger partial charge in [-0.1, -0.05) is 57.6 Å². The molecule has 0 spiro atoms. The largest absolute Gasteiger partial charge is 0.497 e. The van der Waals surface area contributed by atoms with E-state index in [1.54, 1.807) is 7.11 Å². The summed E-state index contributed by atoms with van der Waals surface area (Å²) in [6.07, 6.45) is 9.27. The van der Waals surface area contributed by atoms with Crippen LogP contribution in [0.2, 0.25) is 0 Å². The van der Waals surface area contributed by atoms with Crippen LogP contribution in [-0.4, -0.2) is 25.7 Å². The van der Waals surface area contributed by atoms with Gasteiger partial charge in [0.25, 0.3) is 0 Å². The van der Waals surface area contributed by atoms with Crippen LogP contribution in [0.5, 0.6) is 5.75 Å². The first-order chi connectivity index (χ1) is 13.2. The van der Waals surface area contributed by atoms with E-state index in [1.165, 1.54) is 32.1 Å². The van der Waals surface area contributed by atoms with Gasteiger partial charge in [-0.25, -0.2) is 0 Å².